The number of rotatable bonds is 1. The maximum atomic E-state index is 10.7. The summed E-state index contributed by atoms with van der Waals surface area (Å²) in [6, 6.07) is 4.29. The van der Waals surface area contributed by atoms with Gasteiger partial charge in [-0.2, -0.15) is 0 Å². The summed E-state index contributed by atoms with van der Waals surface area (Å²) < 4.78 is 24.1. The summed E-state index contributed by atoms with van der Waals surface area (Å²) in [5.41, 5.74) is 0.795. The van der Waals surface area contributed by atoms with E-state index in [9.17, 15) is 9.00 Å². The topological polar surface area (TPSA) is 83.3 Å². The number of aromatic amines is 1. The number of hydrogen-bond acceptors (Lipinski definition) is 3. The molecule has 2 aromatic rings. The van der Waals surface area contributed by atoms with E-state index in [0.29, 0.717) is 11.1 Å². The van der Waals surface area contributed by atoms with Crippen molar-refractivity contribution < 1.29 is 13.2 Å². The van der Waals surface area contributed by atoms with Gasteiger partial charge in [-0.15, -0.1) is 0 Å². The van der Waals surface area contributed by atoms with Crippen LogP contribution in [0, 0.1) is 0 Å². The van der Waals surface area contributed by atoms with Gasteiger partial charge >= 0.3 is 5.76 Å². The van der Waals surface area contributed by atoms with Crippen molar-refractivity contribution in [3.63, 3.8) is 0 Å². The highest BCUT2D eigenvalue weighted by Gasteiger charge is 2.04. The zero-order valence-corrected chi connectivity index (χ0v) is 7.13. The van der Waals surface area contributed by atoms with E-state index in [1.807, 2.05) is 0 Å². The van der Waals surface area contributed by atoms with Crippen molar-refractivity contribution in [3.8, 4) is 0 Å². The molecule has 1 unspecified atom stereocenters. The van der Waals surface area contributed by atoms with Crippen LogP contribution >= 0.6 is 0 Å². The lowest BCUT2D eigenvalue weighted by Gasteiger charge is -1.92. The Bertz CT molecular complexity index is 527. The molecule has 2 N–H and O–H groups in total. The van der Waals surface area contributed by atoms with Gasteiger partial charge in [0.25, 0.3) is 0 Å². The Kier molecular flexibility index (Phi) is 1.78. The Morgan fingerprint density at radius 1 is 1.46 bits per heavy atom. The fraction of sp³-hybridized carbons (Fsp3) is 0. The van der Waals surface area contributed by atoms with Crippen molar-refractivity contribution in [2.45, 2.75) is 4.90 Å². The van der Waals surface area contributed by atoms with Gasteiger partial charge in [0.15, 0.2) is 16.7 Å². The van der Waals surface area contributed by atoms with Crippen molar-refractivity contribution in [1.29, 1.82) is 0 Å². The summed E-state index contributed by atoms with van der Waals surface area (Å²) in [6.07, 6.45) is 0. The highest BCUT2D eigenvalue weighted by Crippen LogP contribution is 2.13. The van der Waals surface area contributed by atoms with Crippen LogP contribution in [0.4, 0.5) is 0 Å². The van der Waals surface area contributed by atoms with Crippen LogP contribution in [0.25, 0.3) is 11.1 Å². The molecule has 0 amide bonds. The number of aromatic nitrogens is 1. The van der Waals surface area contributed by atoms with Crippen molar-refractivity contribution in [3.05, 3.63) is 28.7 Å². The van der Waals surface area contributed by atoms with Crippen LogP contribution in [0.2, 0.25) is 0 Å². The smallest absolute Gasteiger partial charge is 0.408 e. The molecule has 68 valence electrons. The Morgan fingerprint density at radius 2 is 2.23 bits per heavy atom. The molecule has 13 heavy (non-hydrogen) atoms. The number of fused-ring (bicyclic) bond motifs is 1. The first kappa shape index (κ1) is 8.21. The van der Waals surface area contributed by atoms with Crippen LogP contribution in [0.1, 0.15) is 0 Å². The van der Waals surface area contributed by atoms with Gasteiger partial charge in [-0.1, -0.05) is 0 Å². The molecule has 5 nitrogen and oxygen atoms in total. The van der Waals surface area contributed by atoms with E-state index >= 15 is 0 Å². The minimum Gasteiger partial charge on any atom is -0.408 e. The molecule has 0 saturated heterocycles. The average Bonchev–Trinajstić information content (AvgIpc) is 2.42. The van der Waals surface area contributed by atoms with E-state index in [1.165, 1.54) is 18.2 Å². The van der Waals surface area contributed by atoms with Gasteiger partial charge in [0, 0.05) is 0 Å². The van der Waals surface area contributed by atoms with Gasteiger partial charge in [-0.05, 0) is 18.2 Å². The highest BCUT2D eigenvalue weighted by atomic mass is 32.2. The number of hydrogen-bond donors (Lipinski definition) is 2. The predicted molar refractivity (Wildman–Crippen MR) is 45.9 cm³/mol. The van der Waals surface area contributed by atoms with Crippen LogP contribution in [0.15, 0.2) is 32.3 Å². The zero-order chi connectivity index (χ0) is 9.42. The van der Waals surface area contributed by atoms with E-state index in [1.54, 1.807) is 0 Å². The molecule has 2 rings (SSSR count). The van der Waals surface area contributed by atoms with Crippen LogP contribution in [-0.2, 0) is 11.1 Å². The summed E-state index contributed by atoms with van der Waals surface area (Å²) in [6.45, 7) is 0. The fourth-order valence-electron chi connectivity index (χ4n) is 1.04. The third-order valence-corrected chi connectivity index (χ3v) is 2.25. The second kappa shape index (κ2) is 2.82. The predicted octanol–water partition coefficient (Wildman–Crippen LogP) is 0.702. The summed E-state index contributed by atoms with van der Waals surface area (Å²) in [4.78, 5) is 13.3. The summed E-state index contributed by atoms with van der Waals surface area (Å²) in [7, 11) is 0. The molecule has 0 spiro atoms. The van der Waals surface area contributed by atoms with Crippen LogP contribution in [-0.4, -0.2) is 13.7 Å². The number of nitrogens with one attached hydrogen (secondary N) is 1. The number of H-pyrrole nitrogens is 1. The highest BCUT2D eigenvalue weighted by molar-refractivity contribution is 7.79. The Labute approximate surface area is 74.7 Å². The largest absolute Gasteiger partial charge is 0.417 e. The third kappa shape index (κ3) is 1.41. The van der Waals surface area contributed by atoms with E-state index in [0.717, 1.165) is 0 Å². The third-order valence-electron chi connectivity index (χ3n) is 1.59. The summed E-state index contributed by atoms with van der Waals surface area (Å²) in [5, 5.41) is 0. The maximum Gasteiger partial charge on any atom is 0.417 e. The standard InChI is InChI=1S/C7H5NO4S/c9-7-8-5-3-4(13(10)11)1-2-6(5)12-7/h1-3H,(H,8,9)(H,10,11). The van der Waals surface area contributed by atoms with Crippen molar-refractivity contribution in [1.82, 2.24) is 4.98 Å². The minimum absolute atomic E-state index is 0.226. The molecule has 1 aromatic heterocycles. The SMILES string of the molecule is O=c1[nH]c2cc(S(=O)O)ccc2o1. The zero-order valence-electron chi connectivity index (χ0n) is 6.31. The first-order chi connectivity index (χ1) is 6.16. The van der Waals surface area contributed by atoms with Gasteiger partial charge in [0.05, 0.1) is 10.4 Å². The van der Waals surface area contributed by atoms with Gasteiger partial charge in [-0.25, -0.2) is 9.00 Å². The molecule has 0 aliphatic rings. The summed E-state index contributed by atoms with van der Waals surface area (Å²) >= 11 is -2.04. The lowest BCUT2D eigenvalue weighted by Crippen LogP contribution is -1.93. The van der Waals surface area contributed by atoms with Crippen LogP contribution in [0.5, 0.6) is 0 Å². The molecule has 0 aliphatic heterocycles. The molecule has 1 aromatic carbocycles. The quantitative estimate of drug-likeness (QED) is 0.662. The van der Waals surface area contributed by atoms with Crippen LogP contribution in [0.3, 0.4) is 0 Å². The minimum atomic E-state index is -2.04. The number of oxazole rings is 1. The van der Waals surface area contributed by atoms with Crippen molar-refractivity contribution >= 4 is 22.2 Å². The van der Waals surface area contributed by atoms with Crippen LogP contribution < -0.4 is 5.76 Å². The van der Waals surface area contributed by atoms with Crippen molar-refractivity contribution in [2.24, 2.45) is 0 Å². The number of benzene rings is 1. The van der Waals surface area contributed by atoms with Crippen molar-refractivity contribution in [2.75, 3.05) is 0 Å². The molecule has 0 radical (unpaired) electrons. The molecular weight excluding hydrogens is 194 g/mol. The fourth-order valence-corrected chi connectivity index (χ4v) is 1.44. The maximum absolute atomic E-state index is 10.7. The molecule has 1 heterocycles. The first-order valence-corrected chi connectivity index (χ1v) is 4.51. The normalized spacial score (nSPS) is 13.3. The van der Waals surface area contributed by atoms with Gasteiger partial charge < -0.3 is 8.97 Å². The molecule has 0 bridgehead atoms. The molecule has 6 heteroatoms. The van der Waals surface area contributed by atoms with E-state index in [4.69, 9.17) is 8.97 Å². The lowest BCUT2D eigenvalue weighted by atomic mass is 10.3. The van der Waals surface area contributed by atoms with E-state index in [-0.39, 0.29) is 4.90 Å². The van der Waals surface area contributed by atoms with Gasteiger partial charge in [-0.3, -0.25) is 4.98 Å². The van der Waals surface area contributed by atoms with E-state index < -0.39 is 16.8 Å². The Balaban J connectivity index is 2.74. The Hall–Kier alpha value is -1.40. The van der Waals surface area contributed by atoms with Gasteiger partial charge in [0.2, 0.25) is 0 Å². The second-order valence-electron chi connectivity index (χ2n) is 2.42. The first-order valence-electron chi connectivity index (χ1n) is 3.40. The molecule has 1 atom stereocenters. The lowest BCUT2D eigenvalue weighted by molar-refractivity contribution is 0.555. The molecule has 0 fully saturated rings. The molecule has 0 saturated carbocycles. The Morgan fingerprint density at radius 3 is 2.92 bits per heavy atom. The average molecular weight is 199 g/mol. The monoisotopic (exact) mass is 199 g/mol. The van der Waals surface area contributed by atoms with E-state index in [2.05, 4.69) is 4.98 Å². The molecule has 0 aliphatic carbocycles. The second-order valence-corrected chi connectivity index (χ2v) is 3.39. The molecular formula is C7H5NO4S. The van der Waals surface area contributed by atoms with Gasteiger partial charge in [0.1, 0.15) is 0 Å². The summed E-state index contributed by atoms with van der Waals surface area (Å²) in [5.74, 6) is -0.573.